The molecule has 1 saturated carbocycles. The van der Waals surface area contributed by atoms with E-state index in [0.717, 1.165) is 57.8 Å². The molecule has 1 aliphatic carbocycles. The van der Waals surface area contributed by atoms with Crippen LogP contribution in [0.5, 0.6) is 5.75 Å². The summed E-state index contributed by atoms with van der Waals surface area (Å²) in [5, 5.41) is 12.5. The quantitative estimate of drug-likeness (QED) is 0.286. The van der Waals surface area contributed by atoms with Gasteiger partial charge >= 0.3 is 6.18 Å². The van der Waals surface area contributed by atoms with Crippen LogP contribution in [-0.2, 0) is 10.9 Å². The van der Waals surface area contributed by atoms with Crippen LogP contribution in [0.25, 0.3) is 0 Å². The predicted octanol–water partition coefficient (Wildman–Crippen LogP) is 6.61. The molecule has 1 saturated heterocycles. The number of benzene rings is 2. The summed E-state index contributed by atoms with van der Waals surface area (Å²) in [6.45, 7) is 4.64. The molecule has 2 aromatic carbocycles. The number of phenolic OH excluding ortho intramolecular Hbond substituents is 1. The smallest absolute Gasteiger partial charge is 0.417 e. The second-order valence-electron chi connectivity index (χ2n) is 11.2. The van der Waals surface area contributed by atoms with Gasteiger partial charge in [0.2, 0.25) is 0 Å². The molecule has 1 atom stereocenters. The molecule has 1 unspecified atom stereocenters. The number of methoxy groups -OCH3 is 1. The van der Waals surface area contributed by atoms with Crippen LogP contribution in [0.15, 0.2) is 42.5 Å². The molecule has 0 radical (unpaired) electrons. The number of phenols is 1. The molecule has 1 aliphatic heterocycles. The van der Waals surface area contributed by atoms with E-state index in [9.17, 15) is 23.1 Å². The molecular weight excluding hydrogens is 555 g/mol. The molecule has 0 bridgehead atoms. The number of aromatic hydroxyl groups is 1. The Kier molecular flexibility index (Phi) is 11.2. The summed E-state index contributed by atoms with van der Waals surface area (Å²) in [4.78, 5) is 16.7. The molecule has 0 spiro atoms. The second kappa shape index (κ2) is 14.6. The largest absolute Gasteiger partial charge is 0.507 e. The predicted molar refractivity (Wildman–Crippen MR) is 156 cm³/mol. The third kappa shape index (κ3) is 8.75. The SMILES string of the molecule is COC(CCCNC(=O)c1ccccc1O)C1CCC(CCN2CCN(c3ccc(Cl)c(C(F)(F)F)c3)CC2)CC1. The summed E-state index contributed by atoms with van der Waals surface area (Å²) < 4.78 is 45.6. The van der Waals surface area contributed by atoms with Gasteiger partial charge in [-0.25, -0.2) is 0 Å². The minimum Gasteiger partial charge on any atom is -0.507 e. The topological polar surface area (TPSA) is 65.0 Å². The van der Waals surface area contributed by atoms with Gasteiger partial charge in [-0.3, -0.25) is 9.69 Å². The van der Waals surface area contributed by atoms with Crippen molar-refractivity contribution in [2.24, 2.45) is 11.8 Å². The van der Waals surface area contributed by atoms with Crippen molar-refractivity contribution < 1.29 is 27.8 Å². The van der Waals surface area contributed by atoms with Crippen LogP contribution in [-0.4, -0.2) is 68.4 Å². The monoisotopic (exact) mass is 595 g/mol. The molecule has 2 aliphatic rings. The number of carbonyl (C=O) groups is 1. The number of nitrogens with zero attached hydrogens (tertiary/aromatic N) is 2. The van der Waals surface area contributed by atoms with Crippen molar-refractivity contribution in [3.63, 3.8) is 0 Å². The number of piperazine rings is 1. The van der Waals surface area contributed by atoms with E-state index >= 15 is 0 Å². The second-order valence-corrected chi connectivity index (χ2v) is 11.7. The van der Waals surface area contributed by atoms with Crippen LogP contribution in [0.4, 0.5) is 18.9 Å². The highest BCUT2D eigenvalue weighted by Crippen LogP contribution is 2.38. The highest BCUT2D eigenvalue weighted by molar-refractivity contribution is 6.31. The molecular formula is C31H41ClF3N3O3. The van der Waals surface area contributed by atoms with Gasteiger partial charge in [-0.15, -0.1) is 0 Å². The first-order chi connectivity index (χ1) is 19.7. The summed E-state index contributed by atoms with van der Waals surface area (Å²) in [6, 6.07) is 10.7. The Morgan fingerprint density at radius 2 is 1.80 bits per heavy atom. The highest BCUT2D eigenvalue weighted by atomic mass is 35.5. The zero-order valence-corrected chi connectivity index (χ0v) is 24.4. The average molecular weight is 596 g/mol. The Labute approximate surface area is 245 Å². The highest BCUT2D eigenvalue weighted by Gasteiger charge is 2.34. The zero-order chi connectivity index (χ0) is 29.4. The van der Waals surface area contributed by atoms with Crippen molar-refractivity contribution in [2.75, 3.05) is 51.3 Å². The van der Waals surface area contributed by atoms with Gasteiger partial charge in [-0.1, -0.05) is 36.6 Å². The van der Waals surface area contributed by atoms with E-state index in [2.05, 4.69) is 10.2 Å². The van der Waals surface area contributed by atoms with Crippen molar-refractivity contribution in [1.82, 2.24) is 10.2 Å². The first-order valence-electron chi connectivity index (χ1n) is 14.6. The van der Waals surface area contributed by atoms with Crippen LogP contribution in [0, 0.1) is 11.8 Å². The summed E-state index contributed by atoms with van der Waals surface area (Å²) in [7, 11) is 1.77. The number of hydrogen-bond acceptors (Lipinski definition) is 5. The number of para-hydroxylation sites is 1. The number of anilines is 1. The first-order valence-corrected chi connectivity index (χ1v) is 15.0. The Balaban J connectivity index is 1.12. The lowest BCUT2D eigenvalue weighted by molar-refractivity contribution is -0.137. The maximum absolute atomic E-state index is 13.2. The fraction of sp³-hybridized carbons (Fsp3) is 0.581. The maximum Gasteiger partial charge on any atom is 0.417 e. The zero-order valence-electron chi connectivity index (χ0n) is 23.6. The van der Waals surface area contributed by atoms with Gasteiger partial charge in [-0.05, 0) is 80.8 Å². The average Bonchev–Trinajstić information content (AvgIpc) is 2.96. The maximum atomic E-state index is 13.2. The summed E-state index contributed by atoms with van der Waals surface area (Å²) in [5.74, 6) is 0.930. The van der Waals surface area contributed by atoms with Crippen molar-refractivity contribution in [2.45, 2.75) is 57.2 Å². The van der Waals surface area contributed by atoms with Crippen LogP contribution in [0.1, 0.15) is 60.9 Å². The van der Waals surface area contributed by atoms with E-state index < -0.39 is 11.7 Å². The molecule has 41 heavy (non-hydrogen) atoms. The molecule has 2 N–H and O–H groups in total. The number of nitrogens with one attached hydrogen (secondary N) is 1. The summed E-state index contributed by atoms with van der Waals surface area (Å²) in [5.41, 5.74) is 0.0868. The number of amides is 1. The van der Waals surface area contributed by atoms with Gasteiger partial charge < -0.3 is 20.1 Å². The van der Waals surface area contributed by atoms with Gasteiger partial charge in [0.1, 0.15) is 5.75 Å². The normalized spacial score (nSPS) is 21.0. The fourth-order valence-electron chi connectivity index (χ4n) is 6.18. The van der Waals surface area contributed by atoms with Crippen molar-refractivity contribution in [1.29, 1.82) is 0 Å². The number of ether oxygens (including phenoxy) is 1. The molecule has 2 fully saturated rings. The van der Waals surface area contributed by atoms with Gasteiger partial charge in [0.15, 0.2) is 0 Å². The van der Waals surface area contributed by atoms with Crippen molar-refractivity contribution in [3.05, 3.63) is 58.6 Å². The molecule has 1 heterocycles. The van der Waals surface area contributed by atoms with Gasteiger partial charge in [0.05, 0.1) is 22.3 Å². The van der Waals surface area contributed by atoms with E-state index in [0.29, 0.717) is 37.2 Å². The molecule has 226 valence electrons. The van der Waals surface area contributed by atoms with E-state index in [1.54, 1.807) is 31.4 Å². The fourth-order valence-corrected chi connectivity index (χ4v) is 6.41. The molecule has 0 aromatic heterocycles. The number of halogens is 4. The van der Waals surface area contributed by atoms with Crippen LogP contribution in [0.2, 0.25) is 5.02 Å². The third-order valence-corrected chi connectivity index (χ3v) is 9.00. The van der Waals surface area contributed by atoms with E-state index in [-0.39, 0.29) is 28.3 Å². The van der Waals surface area contributed by atoms with Crippen LogP contribution in [0.3, 0.4) is 0 Å². The minimum atomic E-state index is -4.46. The molecule has 6 nitrogen and oxygen atoms in total. The third-order valence-electron chi connectivity index (χ3n) is 8.67. The molecule has 10 heteroatoms. The van der Waals surface area contributed by atoms with Gasteiger partial charge in [0, 0.05) is 45.5 Å². The molecule has 4 rings (SSSR count). The standard InChI is InChI=1S/C31H41ClF3N3O3/c1-41-29(7-4-15-36-30(40)25-5-2-3-6-28(25)39)23-10-8-22(9-11-23)14-16-37-17-19-38(20-18-37)24-12-13-27(32)26(21-24)31(33,34)35/h2-3,5-6,12-13,21-23,29,39H,4,7-11,14-20H2,1H3,(H,36,40). The Hall–Kier alpha value is -2.49. The van der Waals surface area contributed by atoms with Crippen LogP contribution >= 0.6 is 11.6 Å². The van der Waals surface area contributed by atoms with E-state index in [4.69, 9.17) is 16.3 Å². The minimum absolute atomic E-state index is 0.0142. The first kappa shape index (κ1) is 31.4. The molecule has 1 amide bonds. The number of alkyl halides is 3. The van der Waals surface area contributed by atoms with E-state index in [1.165, 1.54) is 25.0 Å². The number of carbonyl (C=O) groups excluding carboxylic acids is 1. The lowest BCUT2D eigenvalue weighted by Crippen LogP contribution is -2.47. The summed E-state index contributed by atoms with van der Waals surface area (Å²) in [6.07, 6.45) is 3.20. The lowest BCUT2D eigenvalue weighted by Gasteiger charge is -2.38. The number of rotatable bonds is 11. The molecule has 2 aromatic rings. The van der Waals surface area contributed by atoms with Gasteiger partial charge in [0.25, 0.3) is 5.91 Å². The van der Waals surface area contributed by atoms with Gasteiger partial charge in [-0.2, -0.15) is 13.2 Å². The van der Waals surface area contributed by atoms with E-state index in [1.807, 2.05) is 4.90 Å². The lowest BCUT2D eigenvalue weighted by atomic mass is 9.77. The Morgan fingerprint density at radius 3 is 2.46 bits per heavy atom. The summed E-state index contributed by atoms with van der Waals surface area (Å²) >= 11 is 5.78. The van der Waals surface area contributed by atoms with Crippen LogP contribution < -0.4 is 10.2 Å². The van der Waals surface area contributed by atoms with Crippen molar-refractivity contribution in [3.8, 4) is 5.75 Å². The number of hydrogen-bond donors (Lipinski definition) is 2. The Morgan fingerprint density at radius 1 is 1.10 bits per heavy atom. The van der Waals surface area contributed by atoms with Crippen molar-refractivity contribution >= 4 is 23.2 Å². The Bertz CT molecular complexity index is 1130.